The molecule has 0 fully saturated rings. The first-order valence-corrected chi connectivity index (χ1v) is 10.4. The van der Waals surface area contributed by atoms with Crippen molar-refractivity contribution < 1.29 is 23.7 Å². The number of hydrogen-bond donors (Lipinski definition) is 0. The van der Waals surface area contributed by atoms with Gasteiger partial charge in [0, 0.05) is 12.1 Å². The zero-order chi connectivity index (χ0) is 24.2. The van der Waals surface area contributed by atoms with E-state index in [2.05, 4.69) is 17.6 Å². The number of methoxy groups -OCH3 is 5. The predicted molar refractivity (Wildman–Crippen MR) is 131 cm³/mol. The minimum Gasteiger partial charge on any atom is -0.493 e. The van der Waals surface area contributed by atoms with E-state index >= 15 is 0 Å². The highest BCUT2D eigenvalue weighted by molar-refractivity contribution is 6.34. The Morgan fingerprint density at radius 3 is 2.06 bits per heavy atom. The van der Waals surface area contributed by atoms with E-state index in [1.165, 1.54) is 0 Å². The molecule has 2 aromatic carbocycles. The molecule has 0 amide bonds. The van der Waals surface area contributed by atoms with Gasteiger partial charge in [0.25, 0.3) is 0 Å². The summed E-state index contributed by atoms with van der Waals surface area (Å²) in [7, 11) is 7.80. The maximum Gasteiger partial charge on any atom is 0.203 e. The largest absolute Gasteiger partial charge is 0.493 e. The Kier molecular flexibility index (Phi) is 9.84. The molecule has 0 unspecified atom stereocenters. The third-order valence-electron chi connectivity index (χ3n) is 4.89. The first kappa shape index (κ1) is 25.3. The van der Waals surface area contributed by atoms with Gasteiger partial charge in [0.1, 0.15) is 11.8 Å². The quantitative estimate of drug-likeness (QED) is 0.191. The second-order valence-electron chi connectivity index (χ2n) is 6.86. The Morgan fingerprint density at radius 2 is 1.55 bits per heavy atom. The van der Waals surface area contributed by atoms with Crippen LogP contribution in [0, 0.1) is 11.3 Å². The smallest absolute Gasteiger partial charge is 0.203 e. The summed E-state index contributed by atoms with van der Waals surface area (Å²) in [5.74, 6) is 2.62. The van der Waals surface area contributed by atoms with Gasteiger partial charge in [-0.2, -0.15) is 5.26 Å². The number of aliphatic imine (C=N–C) groups is 1. The van der Waals surface area contributed by atoms with Crippen LogP contribution >= 0.6 is 0 Å². The average Bonchev–Trinajstić information content (AvgIpc) is 2.86. The summed E-state index contributed by atoms with van der Waals surface area (Å²) in [5, 5.41) is 9.96. The van der Waals surface area contributed by atoms with E-state index in [1.807, 2.05) is 30.4 Å². The van der Waals surface area contributed by atoms with Crippen LogP contribution in [-0.4, -0.2) is 47.8 Å². The predicted octanol–water partition coefficient (Wildman–Crippen LogP) is 5.20. The molecule has 33 heavy (non-hydrogen) atoms. The number of nitriles is 1. The number of benzene rings is 2. The molecule has 2 aromatic rings. The number of unbranched alkanes of at least 4 members (excludes halogenated alkanes) is 1. The van der Waals surface area contributed by atoms with Crippen molar-refractivity contribution in [1.29, 1.82) is 5.26 Å². The third-order valence-corrected chi connectivity index (χ3v) is 4.89. The molecule has 0 saturated heterocycles. The van der Waals surface area contributed by atoms with Crippen molar-refractivity contribution in [3.8, 4) is 34.8 Å². The molecule has 0 spiro atoms. The van der Waals surface area contributed by atoms with Gasteiger partial charge in [-0.3, -0.25) is 4.99 Å². The van der Waals surface area contributed by atoms with Crippen LogP contribution < -0.4 is 23.7 Å². The van der Waals surface area contributed by atoms with Crippen molar-refractivity contribution in [2.45, 2.75) is 12.8 Å². The van der Waals surface area contributed by atoms with E-state index in [9.17, 15) is 5.26 Å². The lowest BCUT2D eigenvalue weighted by Gasteiger charge is -2.16. The van der Waals surface area contributed by atoms with Gasteiger partial charge in [-0.25, -0.2) is 0 Å². The molecule has 0 N–H and O–H groups in total. The molecular weight excluding hydrogens is 420 g/mol. The molecule has 0 aliphatic heterocycles. The van der Waals surface area contributed by atoms with Gasteiger partial charge < -0.3 is 23.7 Å². The number of allylic oxidation sites excluding steroid dienone is 2. The van der Waals surface area contributed by atoms with E-state index in [-0.39, 0.29) is 0 Å². The van der Waals surface area contributed by atoms with Gasteiger partial charge >= 0.3 is 0 Å². The Labute approximate surface area is 195 Å². The molecule has 0 saturated carbocycles. The molecule has 0 aromatic heterocycles. The van der Waals surface area contributed by atoms with E-state index in [0.717, 1.165) is 18.4 Å². The lowest BCUT2D eigenvalue weighted by molar-refractivity contribution is 0.324. The van der Waals surface area contributed by atoms with Crippen molar-refractivity contribution in [2.24, 2.45) is 4.99 Å². The highest BCUT2D eigenvalue weighted by Gasteiger charge is 2.18. The molecule has 0 radical (unpaired) electrons. The number of ether oxygens (including phenoxy) is 5. The summed E-state index contributed by atoms with van der Waals surface area (Å²) in [6, 6.07) is 11.4. The maximum atomic E-state index is 9.96. The van der Waals surface area contributed by atoms with Crippen molar-refractivity contribution in [3.63, 3.8) is 0 Å². The summed E-state index contributed by atoms with van der Waals surface area (Å²) in [4.78, 5) is 4.55. The van der Waals surface area contributed by atoms with E-state index in [0.29, 0.717) is 52.1 Å². The molecule has 2 rings (SSSR count). The molecule has 0 bridgehead atoms. The molecule has 7 nitrogen and oxygen atoms in total. The molecule has 7 heteroatoms. The van der Waals surface area contributed by atoms with Crippen molar-refractivity contribution in [1.82, 2.24) is 0 Å². The van der Waals surface area contributed by atoms with Crippen LogP contribution in [0.25, 0.3) is 11.6 Å². The minimum atomic E-state index is 0.295. The highest BCUT2D eigenvalue weighted by Crippen LogP contribution is 2.40. The maximum absolute atomic E-state index is 9.96. The summed E-state index contributed by atoms with van der Waals surface area (Å²) >= 11 is 0. The fourth-order valence-electron chi connectivity index (χ4n) is 3.24. The van der Waals surface area contributed by atoms with Crippen LogP contribution in [0.2, 0.25) is 0 Å². The monoisotopic (exact) mass is 450 g/mol. The standard InChI is InChI=1S/C26H30N2O5/c1-7-8-9-12-28-21(17-27)20(13-18-10-11-22(29-2)23(14-18)30-3)19-15-24(31-4)26(33-6)25(16-19)32-5/h7,10-11,13-16H,1,8-9,12H2,2-6H3/b20-13+,28-21?. The fourth-order valence-corrected chi connectivity index (χ4v) is 3.24. The Balaban J connectivity index is 2.72. The molecule has 0 atom stereocenters. The van der Waals surface area contributed by atoms with Gasteiger partial charge in [-0.05, 0) is 54.3 Å². The van der Waals surface area contributed by atoms with Crippen LogP contribution in [0.1, 0.15) is 24.0 Å². The van der Waals surface area contributed by atoms with E-state index < -0.39 is 0 Å². The number of rotatable bonds is 12. The zero-order valence-corrected chi connectivity index (χ0v) is 19.8. The van der Waals surface area contributed by atoms with Gasteiger partial charge in [-0.1, -0.05) is 12.1 Å². The molecule has 174 valence electrons. The summed E-state index contributed by atoms with van der Waals surface area (Å²) < 4.78 is 27.2. The van der Waals surface area contributed by atoms with Crippen molar-refractivity contribution in [3.05, 3.63) is 54.1 Å². The van der Waals surface area contributed by atoms with Crippen molar-refractivity contribution in [2.75, 3.05) is 42.1 Å². The fraction of sp³-hybridized carbons (Fsp3) is 0.308. The second-order valence-corrected chi connectivity index (χ2v) is 6.86. The first-order chi connectivity index (χ1) is 16.1. The topological polar surface area (TPSA) is 82.3 Å². The average molecular weight is 451 g/mol. The Morgan fingerprint density at radius 1 is 0.909 bits per heavy atom. The summed E-state index contributed by atoms with van der Waals surface area (Å²) in [6.07, 6.45) is 5.33. The Bertz CT molecular complexity index is 1040. The molecular formula is C26H30N2O5. The van der Waals surface area contributed by atoms with Crippen LogP contribution in [0.4, 0.5) is 0 Å². The summed E-state index contributed by atoms with van der Waals surface area (Å²) in [6.45, 7) is 4.24. The minimum absolute atomic E-state index is 0.295. The lowest BCUT2D eigenvalue weighted by Crippen LogP contribution is -2.04. The Hall–Kier alpha value is -3.92. The van der Waals surface area contributed by atoms with Crippen LogP contribution in [0.3, 0.4) is 0 Å². The SMILES string of the molecule is C=CCCCN=C(C#N)/C(=C/c1ccc(OC)c(OC)c1)c1cc(OC)c(OC)c(OC)c1. The second kappa shape index (κ2) is 12.8. The van der Waals surface area contributed by atoms with Crippen LogP contribution in [0.5, 0.6) is 28.7 Å². The normalized spacial score (nSPS) is 11.4. The molecule has 0 aliphatic rings. The molecule has 0 aliphatic carbocycles. The zero-order valence-electron chi connectivity index (χ0n) is 19.8. The summed E-state index contributed by atoms with van der Waals surface area (Å²) in [5.41, 5.74) is 2.42. The van der Waals surface area contributed by atoms with Gasteiger partial charge in [0.2, 0.25) is 5.75 Å². The number of hydrogen-bond acceptors (Lipinski definition) is 7. The van der Waals surface area contributed by atoms with Crippen LogP contribution in [-0.2, 0) is 0 Å². The van der Waals surface area contributed by atoms with E-state index in [4.69, 9.17) is 23.7 Å². The lowest BCUT2D eigenvalue weighted by atomic mass is 9.97. The van der Waals surface area contributed by atoms with Gasteiger partial charge in [-0.15, -0.1) is 6.58 Å². The van der Waals surface area contributed by atoms with E-state index in [1.54, 1.807) is 47.7 Å². The van der Waals surface area contributed by atoms with Crippen LogP contribution in [0.15, 0.2) is 48.0 Å². The van der Waals surface area contributed by atoms with Crippen molar-refractivity contribution >= 4 is 17.4 Å². The van der Waals surface area contributed by atoms with Gasteiger partial charge in [0.15, 0.2) is 23.0 Å². The number of nitrogens with zero attached hydrogens (tertiary/aromatic N) is 2. The third kappa shape index (κ3) is 6.30. The van der Waals surface area contributed by atoms with Gasteiger partial charge in [0.05, 0.1) is 35.5 Å². The highest BCUT2D eigenvalue weighted by atomic mass is 16.5. The molecule has 0 heterocycles. The first-order valence-electron chi connectivity index (χ1n) is 10.4.